The fourth-order valence-electron chi connectivity index (χ4n) is 6.57. The number of hydrogen-bond donors (Lipinski definition) is 2. The van der Waals surface area contributed by atoms with Crippen LogP contribution in [0.5, 0.6) is 0 Å². The summed E-state index contributed by atoms with van der Waals surface area (Å²) in [5, 5.41) is 3.32. The van der Waals surface area contributed by atoms with Crippen LogP contribution in [0.15, 0.2) is 24.5 Å². The van der Waals surface area contributed by atoms with Crippen LogP contribution in [0.4, 0.5) is 0 Å². The molecule has 7 nitrogen and oxygen atoms in total. The molecule has 1 saturated heterocycles. The van der Waals surface area contributed by atoms with Crippen LogP contribution >= 0.6 is 0 Å². The van der Waals surface area contributed by atoms with Crippen LogP contribution in [-0.2, 0) is 20.9 Å². The average Bonchev–Trinajstić information content (AvgIpc) is 2.71. The average molecular weight is 399 g/mol. The van der Waals surface area contributed by atoms with Crippen molar-refractivity contribution < 1.29 is 14.3 Å². The Hall–Kier alpha value is -1.99. The first-order chi connectivity index (χ1) is 14.0. The van der Waals surface area contributed by atoms with Gasteiger partial charge in [0.1, 0.15) is 6.10 Å². The third-order valence-corrected chi connectivity index (χ3v) is 7.70. The number of nitrogens with two attached hydrogens (primary N) is 1. The molecule has 3 unspecified atom stereocenters. The van der Waals surface area contributed by atoms with Crippen molar-refractivity contribution in [2.45, 2.75) is 50.8 Å². The zero-order chi connectivity index (χ0) is 20.0. The lowest BCUT2D eigenvalue weighted by molar-refractivity contribution is -0.151. The Morgan fingerprint density at radius 2 is 1.93 bits per heavy atom. The minimum atomic E-state index is -0.437. The van der Waals surface area contributed by atoms with E-state index >= 15 is 0 Å². The van der Waals surface area contributed by atoms with Gasteiger partial charge in [-0.3, -0.25) is 19.5 Å². The van der Waals surface area contributed by atoms with Crippen molar-refractivity contribution in [2.24, 2.45) is 28.9 Å². The predicted molar refractivity (Wildman–Crippen MR) is 106 cm³/mol. The van der Waals surface area contributed by atoms with Crippen LogP contribution in [0.1, 0.15) is 37.7 Å². The number of carbonyl (C=O) groups excluding carboxylic acids is 2. The second-order valence-electron chi connectivity index (χ2n) is 9.60. The molecule has 4 bridgehead atoms. The van der Waals surface area contributed by atoms with Crippen LogP contribution < -0.4 is 11.1 Å². The topological polar surface area (TPSA) is 97.5 Å². The highest BCUT2D eigenvalue weighted by molar-refractivity contribution is 5.83. The monoisotopic (exact) mass is 398 g/mol. The van der Waals surface area contributed by atoms with Crippen molar-refractivity contribution >= 4 is 11.8 Å². The highest BCUT2D eigenvalue weighted by Gasteiger charge is 2.58. The van der Waals surface area contributed by atoms with Crippen molar-refractivity contribution in [3.05, 3.63) is 30.1 Å². The van der Waals surface area contributed by atoms with Crippen molar-refractivity contribution in [3.63, 3.8) is 0 Å². The van der Waals surface area contributed by atoms with Gasteiger partial charge in [-0.25, -0.2) is 0 Å². The van der Waals surface area contributed by atoms with E-state index in [1.54, 1.807) is 12.4 Å². The Labute approximate surface area is 171 Å². The molecule has 156 valence electrons. The molecule has 0 spiro atoms. The molecule has 1 aromatic heterocycles. The highest BCUT2D eigenvalue weighted by atomic mass is 16.5. The number of morpholine rings is 1. The molecular formula is C22H30N4O3. The first kappa shape index (κ1) is 19.0. The van der Waals surface area contributed by atoms with Gasteiger partial charge < -0.3 is 15.8 Å². The number of hydrogen-bond acceptors (Lipinski definition) is 5. The maximum atomic E-state index is 13.0. The maximum Gasteiger partial charge on any atom is 0.250 e. The van der Waals surface area contributed by atoms with E-state index in [1.807, 2.05) is 12.1 Å². The molecule has 6 rings (SSSR count). The molecule has 3 N–H and O–H groups in total. The van der Waals surface area contributed by atoms with Crippen LogP contribution in [0, 0.1) is 23.2 Å². The fourth-order valence-corrected chi connectivity index (χ4v) is 6.57. The summed E-state index contributed by atoms with van der Waals surface area (Å²) in [6, 6.07) is 4.17. The van der Waals surface area contributed by atoms with Gasteiger partial charge in [-0.2, -0.15) is 0 Å². The smallest absolute Gasteiger partial charge is 0.250 e. The van der Waals surface area contributed by atoms with Gasteiger partial charge in [0.15, 0.2) is 0 Å². The fraction of sp³-hybridized carbons (Fsp3) is 0.682. The molecule has 0 aromatic carbocycles. The molecule has 2 heterocycles. The van der Waals surface area contributed by atoms with Gasteiger partial charge in [0.25, 0.3) is 5.91 Å². The number of carbonyl (C=O) groups is 2. The van der Waals surface area contributed by atoms with E-state index in [0.717, 1.165) is 45.2 Å². The van der Waals surface area contributed by atoms with Gasteiger partial charge in [0.05, 0.1) is 6.61 Å². The van der Waals surface area contributed by atoms with Gasteiger partial charge in [-0.1, -0.05) is 0 Å². The second kappa shape index (κ2) is 7.36. The lowest BCUT2D eigenvalue weighted by Gasteiger charge is -2.59. The van der Waals surface area contributed by atoms with E-state index in [4.69, 9.17) is 10.5 Å². The van der Waals surface area contributed by atoms with E-state index in [0.29, 0.717) is 30.9 Å². The summed E-state index contributed by atoms with van der Waals surface area (Å²) in [6.45, 7) is 2.79. The Bertz CT molecular complexity index is 770. The zero-order valence-corrected chi connectivity index (χ0v) is 16.8. The lowest BCUT2D eigenvalue weighted by atomic mass is 9.47. The maximum absolute atomic E-state index is 13.0. The molecule has 5 aliphatic rings. The van der Waals surface area contributed by atoms with E-state index in [9.17, 15) is 9.59 Å². The summed E-state index contributed by atoms with van der Waals surface area (Å²) in [4.78, 5) is 31.5. The van der Waals surface area contributed by atoms with Crippen molar-refractivity contribution in [3.8, 4) is 0 Å². The molecule has 1 aromatic rings. The molecule has 2 amide bonds. The molecular weight excluding hydrogens is 368 g/mol. The summed E-state index contributed by atoms with van der Waals surface area (Å²) in [5.74, 6) is 1.19. The molecule has 5 fully saturated rings. The molecule has 3 atom stereocenters. The van der Waals surface area contributed by atoms with E-state index in [-0.39, 0.29) is 23.3 Å². The third-order valence-electron chi connectivity index (χ3n) is 7.70. The molecule has 7 heteroatoms. The Morgan fingerprint density at radius 3 is 2.62 bits per heavy atom. The van der Waals surface area contributed by atoms with Gasteiger partial charge in [0, 0.05) is 43.5 Å². The van der Waals surface area contributed by atoms with Crippen LogP contribution in [-0.4, -0.2) is 53.5 Å². The van der Waals surface area contributed by atoms with Gasteiger partial charge in [0.2, 0.25) is 5.91 Å². The van der Waals surface area contributed by atoms with Crippen LogP contribution in [0.3, 0.4) is 0 Å². The SMILES string of the molecule is NC(=O)C12CC3CC(C1)C(NC(=O)C1CN(Cc4ccncc4)CCO1)C(C3)C2. The quantitative estimate of drug-likeness (QED) is 0.774. The molecule has 29 heavy (non-hydrogen) atoms. The summed E-state index contributed by atoms with van der Waals surface area (Å²) in [7, 11) is 0. The first-order valence-electron chi connectivity index (χ1n) is 10.9. The highest BCUT2D eigenvalue weighted by Crippen LogP contribution is 2.59. The van der Waals surface area contributed by atoms with E-state index in [2.05, 4.69) is 15.2 Å². The predicted octanol–water partition coefficient (Wildman–Crippen LogP) is 1.08. The summed E-state index contributed by atoms with van der Waals surface area (Å²) in [6.07, 6.45) is 7.99. The minimum Gasteiger partial charge on any atom is -0.369 e. The molecule has 1 aliphatic heterocycles. The van der Waals surface area contributed by atoms with Gasteiger partial charge >= 0.3 is 0 Å². The summed E-state index contributed by atoms with van der Waals surface area (Å²) < 4.78 is 5.82. The Balaban J connectivity index is 1.21. The van der Waals surface area contributed by atoms with Gasteiger partial charge in [-0.15, -0.1) is 0 Å². The normalized spacial score (nSPS) is 38.7. The Morgan fingerprint density at radius 1 is 1.21 bits per heavy atom. The van der Waals surface area contributed by atoms with Crippen molar-refractivity contribution in [2.75, 3.05) is 19.7 Å². The van der Waals surface area contributed by atoms with E-state index < -0.39 is 6.10 Å². The van der Waals surface area contributed by atoms with Crippen LogP contribution in [0.2, 0.25) is 0 Å². The van der Waals surface area contributed by atoms with Crippen molar-refractivity contribution in [1.29, 1.82) is 0 Å². The largest absolute Gasteiger partial charge is 0.369 e. The van der Waals surface area contributed by atoms with Gasteiger partial charge in [-0.05, 0) is 67.6 Å². The molecule has 0 radical (unpaired) electrons. The molecule has 4 aliphatic carbocycles. The first-order valence-corrected chi connectivity index (χ1v) is 10.9. The minimum absolute atomic E-state index is 0.00460. The number of nitrogens with zero attached hydrogens (tertiary/aromatic N) is 2. The van der Waals surface area contributed by atoms with E-state index in [1.165, 1.54) is 5.56 Å². The second-order valence-corrected chi connectivity index (χ2v) is 9.60. The number of pyridine rings is 1. The number of rotatable bonds is 5. The third kappa shape index (κ3) is 3.55. The standard InChI is InChI=1S/C22H30N4O3/c23-21(28)22-9-15-7-16(10-22)19(17(8-15)11-22)25-20(27)18-13-26(5-6-29-18)12-14-1-3-24-4-2-14/h1-4,15-19H,5-13H2,(H2,23,28)(H,25,27). The summed E-state index contributed by atoms with van der Waals surface area (Å²) >= 11 is 0. The summed E-state index contributed by atoms with van der Waals surface area (Å²) in [5.41, 5.74) is 6.65. The number of primary amides is 1. The number of amides is 2. The number of aromatic nitrogens is 1. The molecule has 4 saturated carbocycles. The van der Waals surface area contributed by atoms with Crippen LogP contribution in [0.25, 0.3) is 0 Å². The zero-order valence-electron chi connectivity index (χ0n) is 16.8. The number of nitrogens with one attached hydrogen (secondary N) is 1. The lowest BCUT2D eigenvalue weighted by Crippen LogP contribution is -2.63. The van der Waals surface area contributed by atoms with Crippen molar-refractivity contribution in [1.82, 2.24) is 15.2 Å². The number of ether oxygens (including phenoxy) is 1. The Kier molecular flexibility index (Phi) is 4.82.